The lowest BCUT2D eigenvalue weighted by Crippen LogP contribution is -2.50. The fraction of sp³-hybridized carbons (Fsp3) is 0.462. The number of carbonyl (C=O) groups excluding carboxylic acids is 2. The van der Waals surface area contributed by atoms with Crippen LogP contribution >= 0.6 is 15.9 Å². The average molecular weight is 518 g/mol. The summed E-state index contributed by atoms with van der Waals surface area (Å²) >= 11 is 3.40. The minimum atomic E-state index is -0.276. The van der Waals surface area contributed by atoms with E-state index in [4.69, 9.17) is 0 Å². The normalized spacial score (nSPS) is 14.9. The molecule has 5 nitrogen and oxygen atoms in total. The van der Waals surface area contributed by atoms with E-state index in [-0.39, 0.29) is 23.0 Å². The lowest BCUT2D eigenvalue weighted by molar-refractivity contribution is -0.134. The van der Waals surface area contributed by atoms with Crippen molar-refractivity contribution in [1.29, 1.82) is 0 Å². The van der Waals surface area contributed by atoms with Crippen molar-refractivity contribution in [2.75, 3.05) is 39.3 Å². The van der Waals surface area contributed by atoms with Crippen LogP contribution in [-0.4, -0.2) is 65.8 Å². The molecule has 0 spiro atoms. The first-order chi connectivity index (χ1) is 15.6. The van der Waals surface area contributed by atoms with E-state index in [1.807, 2.05) is 34.1 Å². The van der Waals surface area contributed by atoms with Crippen LogP contribution in [0.1, 0.15) is 43.1 Å². The van der Waals surface area contributed by atoms with Gasteiger partial charge in [-0.3, -0.25) is 14.5 Å². The third kappa shape index (κ3) is 7.93. The number of benzene rings is 2. The molecule has 0 bridgehead atoms. The Balaban J connectivity index is 1.55. The van der Waals surface area contributed by atoms with Crippen LogP contribution in [0.4, 0.5) is 4.39 Å². The van der Waals surface area contributed by atoms with E-state index < -0.39 is 0 Å². The van der Waals surface area contributed by atoms with Crippen molar-refractivity contribution in [2.45, 2.75) is 33.7 Å². The summed E-state index contributed by atoms with van der Waals surface area (Å²) in [4.78, 5) is 31.8. The second-order valence-electron chi connectivity index (χ2n) is 9.82. The van der Waals surface area contributed by atoms with Crippen molar-refractivity contribution in [3.05, 3.63) is 69.9 Å². The van der Waals surface area contributed by atoms with Crippen molar-refractivity contribution < 1.29 is 14.0 Å². The number of piperazine rings is 1. The van der Waals surface area contributed by atoms with Gasteiger partial charge in [0, 0.05) is 62.3 Å². The topological polar surface area (TPSA) is 43.9 Å². The van der Waals surface area contributed by atoms with Gasteiger partial charge in [0.05, 0.1) is 0 Å². The number of hydrogen-bond donors (Lipinski definition) is 0. The van der Waals surface area contributed by atoms with Gasteiger partial charge in [-0.1, -0.05) is 48.8 Å². The third-order valence-corrected chi connectivity index (χ3v) is 6.29. The van der Waals surface area contributed by atoms with Gasteiger partial charge in [0.25, 0.3) is 5.91 Å². The maximum atomic E-state index is 13.3. The molecule has 33 heavy (non-hydrogen) atoms. The molecule has 7 heteroatoms. The molecule has 0 N–H and O–H groups in total. The fourth-order valence-corrected chi connectivity index (χ4v) is 4.14. The largest absolute Gasteiger partial charge is 0.337 e. The lowest BCUT2D eigenvalue weighted by Gasteiger charge is -2.36. The van der Waals surface area contributed by atoms with Crippen LogP contribution in [0.5, 0.6) is 0 Å². The van der Waals surface area contributed by atoms with Gasteiger partial charge < -0.3 is 9.80 Å². The minimum Gasteiger partial charge on any atom is -0.337 e. The molecular weight excluding hydrogens is 485 g/mol. The summed E-state index contributed by atoms with van der Waals surface area (Å²) in [6.45, 7) is 10.9. The van der Waals surface area contributed by atoms with Gasteiger partial charge in [-0.05, 0) is 47.4 Å². The van der Waals surface area contributed by atoms with Crippen molar-refractivity contribution in [3.8, 4) is 0 Å². The van der Waals surface area contributed by atoms with Crippen molar-refractivity contribution in [2.24, 2.45) is 5.41 Å². The highest BCUT2D eigenvalue weighted by atomic mass is 79.9. The first-order valence-electron chi connectivity index (χ1n) is 11.4. The van der Waals surface area contributed by atoms with Gasteiger partial charge in [0.1, 0.15) is 5.82 Å². The summed E-state index contributed by atoms with van der Waals surface area (Å²) in [6.07, 6.45) is 0.462. The van der Waals surface area contributed by atoms with Crippen LogP contribution in [0, 0.1) is 11.2 Å². The maximum Gasteiger partial charge on any atom is 0.253 e. The first kappa shape index (κ1) is 25.4. The Morgan fingerprint density at radius 1 is 0.970 bits per heavy atom. The van der Waals surface area contributed by atoms with Crippen LogP contribution in [0.3, 0.4) is 0 Å². The van der Waals surface area contributed by atoms with Gasteiger partial charge in [-0.2, -0.15) is 0 Å². The zero-order valence-corrected chi connectivity index (χ0v) is 21.3. The van der Waals surface area contributed by atoms with Gasteiger partial charge in [0.15, 0.2) is 0 Å². The molecule has 1 aliphatic heterocycles. The second kappa shape index (κ2) is 11.3. The molecule has 178 valence electrons. The summed E-state index contributed by atoms with van der Waals surface area (Å²) in [6, 6.07) is 13.8. The Bertz CT molecular complexity index is 934. The van der Waals surface area contributed by atoms with E-state index in [2.05, 4.69) is 41.6 Å². The molecule has 0 radical (unpaired) electrons. The summed E-state index contributed by atoms with van der Waals surface area (Å²) < 4.78 is 14.2. The van der Waals surface area contributed by atoms with E-state index in [9.17, 15) is 14.0 Å². The number of carbonyl (C=O) groups is 2. The molecule has 0 saturated carbocycles. The molecule has 2 aromatic carbocycles. The predicted molar refractivity (Wildman–Crippen MR) is 132 cm³/mol. The molecular formula is C26H33BrFN3O2. The summed E-state index contributed by atoms with van der Waals surface area (Å²) in [5, 5.41) is 0. The van der Waals surface area contributed by atoms with E-state index in [0.717, 1.165) is 29.7 Å². The third-order valence-electron chi connectivity index (χ3n) is 5.76. The Labute approximate surface area is 204 Å². The molecule has 0 aliphatic carbocycles. The van der Waals surface area contributed by atoms with Gasteiger partial charge >= 0.3 is 0 Å². The van der Waals surface area contributed by atoms with Crippen LogP contribution in [-0.2, 0) is 11.3 Å². The highest BCUT2D eigenvalue weighted by Crippen LogP contribution is 2.21. The second-order valence-corrected chi connectivity index (χ2v) is 10.7. The molecule has 1 aliphatic rings. The van der Waals surface area contributed by atoms with E-state index >= 15 is 0 Å². The zero-order chi connectivity index (χ0) is 24.0. The highest BCUT2D eigenvalue weighted by Gasteiger charge is 2.25. The molecule has 1 heterocycles. The van der Waals surface area contributed by atoms with Gasteiger partial charge in [0.2, 0.25) is 5.91 Å². The van der Waals surface area contributed by atoms with E-state index in [0.29, 0.717) is 38.2 Å². The minimum absolute atomic E-state index is 0.0560. The monoisotopic (exact) mass is 517 g/mol. The van der Waals surface area contributed by atoms with Crippen molar-refractivity contribution >= 4 is 27.7 Å². The van der Waals surface area contributed by atoms with Gasteiger partial charge in [-0.15, -0.1) is 0 Å². The zero-order valence-electron chi connectivity index (χ0n) is 19.7. The van der Waals surface area contributed by atoms with Crippen LogP contribution < -0.4 is 0 Å². The average Bonchev–Trinajstić information content (AvgIpc) is 2.77. The van der Waals surface area contributed by atoms with Crippen LogP contribution in [0.2, 0.25) is 0 Å². The number of rotatable bonds is 7. The van der Waals surface area contributed by atoms with Crippen LogP contribution in [0.25, 0.3) is 0 Å². The molecule has 1 fully saturated rings. The molecule has 1 saturated heterocycles. The molecule has 2 aromatic rings. The highest BCUT2D eigenvalue weighted by molar-refractivity contribution is 9.10. The molecule has 0 atom stereocenters. The SMILES string of the molecule is CC(C)(C)CC(=O)N(CCN1CCN(C(=O)c2ccc(Br)cc2)CC1)Cc1ccc(F)cc1. The van der Waals surface area contributed by atoms with Gasteiger partial charge in [-0.25, -0.2) is 4.39 Å². The van der Waals surface area contributed by atoms with Crippen LogP contribution in [0.15, 0.2) is 53.0 Å². The lowest BCUT2D eigenvalue weighted by atomic mass is 9.91. The number of halogens is 2. The number of amides is 2. The maximum absolute atomic E-state index is 13.3. The molecule has 0 unspecified atom stereocenters. The Morgan fingerprint density at radius 3 is 2.15 bits per heavy atom. The predicted octanol–water partition coefficient (Wildman–Crippen LogP) is 4.81. The molecule has 2 amide bonds. The Hall–Kier alpha value is -2.25. The number of nitrogens with zero attached hydrogens (tertiary/aromatic N) is 3. The Kier molecular flexibility index (Phi) is 8.65. The van der Waals surface area contributed by atoms with Crippen molar-refractivity contribution in [3.63, 3.8) is 0 Å². The molecule has 3 rings (SSSR count). The standard InChI is InChI=1S/C26H33BrFN3O2/c1-26(2,3)18-24(32)31(19-20-4-10-23(28)11-5-20)17-14-29-12-15-30(16-13-29)25(33)21-6-8-22(27)9-7-21/h4-11H,12-19H2,1-3H3. The summed E-state index contributed by atoms with van der Waals surface area (Å²) in [5.41, 5.74) is 1.52. The quantitative estimate of drug-likeness (QED) is 0.529. The number of hydrogen-bond acceptors (Lipinski definition) is 3. The summed E-state index contributed by atoms with van der Waals surface area (Å²) in [5.74, 6) is -0.113. The molecule has 0 aromatic heterocycles. The van der Waals surface area contributed by atoms with Crippen molar-refractivity contribution in [1.82, 2.24) is 14.7 Å². The van der Waals surface area contributed by atoms with E-state index in [1.165, 1.54) is 12.1 Å². The first-order valence-corrected chi connectivity index (χ1v) is 12.2. The smallest absolute Gasteiger partial charge is 0.253 e. The summed E-state index contributed by atoms with van der Waals surface area (Å²) in [7, 11) is 0. The fourth-order valence-electron chi connectivity index (χ4n) is 3.88. The Morgan fingerprint density at radius 2 is 1.58 bits per heavy atom. The van der Waals surface area contributed by atoms with E-state index in [1.54, 1.807) is 12.1 Å².